The minimum absolute atomic E-state index is 0.0337. The molecule has 0 radical (unpaired) electrons. The third kappa shape index (κ3) is 1.72. The van der Waals surface area contributed by atoms with Crippen molar-refractivity contribution in [2.75, 3.05) is 19.7 Å². The molecule has 1 fully saturated rings. The number of aromatic nitrogens is 1. The molecule has 1 saturated heterocycles. The van der Waals surface area contributed by atoms with Crippen LogP contribution in [0.3, 0.4) is 0 Å². The molecule has 4 heterocycles. The average molecular weight is 312 g/mol. The molecule has 0 bridgehead atoms. The standard InChI is InChI=1S/C19H24N2O2/c22-11-8-19-7-3-9-20-10-6-14-13-4-1-2-5-15(13)21(16(23)12-19)17(14)18(19)20/h1-2,4-5,16,18,22-23H,3,6-12H2. The van der Waals surface area contributed by atoms with Gasteiger partial charge in [-0.15, -0.1) is 0 Å². The summed E-state index contributed by atoms with van der Waals surface area (Å²) in [6.45, 7) is 2.47. The summed E-state index contributed by atoms with van der Waals surface area (Å²) in [5, 5.41) is 22.0. The summed E-state index contributed by atoms with van der Waals surface area (Å²) in [5.74, 6) is 0. The van der Waals surface area contributed by atoms with Crippen LogP contribution in [-0.4, -0.2) is 39.4 Å². The lowest BCUT2D eigenvalue weighted by Crippen LogP contribution is -2.53. The van der Waals surface area contributed by atoms with Crippen LogP contribution in [0.4, 0.5) is 0 Å². The smallest absolute Gasteiger partial charge is 0.131 e. The fourth-order valence-electron chi connectivity index (χ4n) is 5.73. The molecule has 5 rings (SSSR count). The van der Waals surface area contributed by atoms with Crippen molar-refractivity contribution >= 4 is 10.9 Å². The Morgan fingerprint density at radius 3 is 2.96 bits per heavy atom. The Bertz CT molecular complexity index is 764. The van der Waals surface area contributed by atoms with Crippen molar-refractivity contribution in [2.24, 2.45) is 5.41 Å². The largest absolute Gasteiger partial charge is 0.396 e. The molecule has 2 aromatic rings. The maximum atomic E-state index is 11.0. The maximum absolute atomic E-state index is 11.0. The van der Waals surface area contributed by atoms with Gasteiger partial charge >= 0.3 is 0 Å². The van der Waals surface area contributed by atoms with Crippen molar-refractivity contribution in [1.29, 1.82) is 0 Å². The number of benzene rings is 1. The van der Waals surface area contributed by atoms with Crippen molar-refractivity contribution in [2.45, 2.75) is 44.4 Å². The Balaban J connectivity index is 1.81. The fraction of sp³-hybridized carbons (Fsp3) is 0.579. The zero-order chi connectivity index (χ0) is 15.6. The number of aliphatic hydroxyl groups is 2. The van der Waals surface area contributed by atoms with Gasteiger partial charge in [-0.05, 0) is 49.3 Å². The summed E-state index contributed by atoms with van der Waals surface area (Å²) in [5.41, 5.74) is 3.98. The second-order valence-electron chi connectivity index (χ2n) is 7.56. The highest BCUT2D eigenvalue weighted by Crippen LogP contribution is 2.59. The molecule has 3 aliphatic heterocycles. The summed E-state index contributed by atoms with van der Waals surface area (Å²) in [4.78, 5) is 2.61. The Labute approximate surface area is 136 Å². The molecule has 0 saturated carbocycles. The van der Waals surface area contributed by atoms with Gasteiger partial charge in [-0.3, -0.25) is 4.90 Å². The monoisotopic (exact) mass is 312 g/mol. The maximum Gasteiger partial charge on any atom is 0.131 e. The molecule has 3 unspecified atom stereocenters. The first-order valence-corrected chi connectivity index (χ1v) is 8.90. The third-order valence-electron chi connectivity index (χ3n) is 6.53. The summed E-state index contributed by atoms with van der Waals surface area (Å²) >= 11 is 0. The summed E-state index contributed by atoms with van der Waals surface area (Å²) in [7, 11) is 0. The predicted molar refractivity (Wildman–Crippen MR) is 89.2 cm³/mol. The number of aliphatic hydroxyl groups excluding tert-OH is 2. The molecular formula is C19H24N2O2. The summed E-state index contributed by atoms with van der Waals surface area (Å²) < 4.78 is 2.20. The molecule has 4 heteroatoms. The molecule has 122 valence electrons. The van der Waals surface area contributed by atoms with E-state index in [2.05, 4.69) is 33.7 Å². The van der Waals surface area contributed by atoms with Crippen LogP contribution in [0, 0.1) is 5.41 Å². The van der Waals surface area contributed by atoms with Crippen molar-refractivity contribution in [3.63, 3.8) is 0 Å². The molecule has 4 nitrogen and oxygen atoms in total. The lowest BCUT2D eigenvalue weighted by molar-refractivity contribution is -0.0866. The number of para-hydroxylation sites is 1. The van der Waals surface area contributed by atoms with Crippen molar-refractivity contribution in [3.8, 4) is 0 Å². The molecule has 3 atom stereocenters. The molecule has 1 aromatic carbocycles. The average Bonchev–Trinajstić information content (AvgIpc) is 2.90. The van der Waals surface area contributed by atoms with Crippen LogP contribution < -0.4 is 0 Å². The van der Waals surface area contributed by atoms with Crippen LogP contribution in [0.1, 0.15) is 49.2 Å². The normalized spacial score (nSPS) is 33.0. The minimum Gasteiger partial charge on any atom is -0.396 e. The van der Waals surface area contributed by atoms with Gasteiger partial charge in [0.15, 0.2) is 0 Å². The highest BCUT2D eigenvalue weighted by Gasteiger charge is 2.53. The van der Waals surface area contributed by atoms with E-state index in [1.807, 2.05) is 0 Å². The summed E-state index contributed by atoms with van der Waals surface area (Å²) in [6, 6.07) is 8.88. The van der Waals surface area contributed by atoms with E-state index >= 15 is 0 Å². The van der Waals surface area contributed by atoms with E-state index in [4.69, 9.17) is 0 Å². The number of hydrogen-bond acceptors (Lipinski definition) is 3. The zero-order valence-corrected chi connectivity index (χ0v) is 13.4. The van der Waals surface area contributed by atoms with E-state index in [-0.39, 0.29) is 12.0 Å². The van der Waals surface area contributed by atoms with E-state index < -0.39 is 6.23 Å². The topological polar surface area (TPSA) is 48.6 Å². The fourth-order valence-corrected chi connectivity index (χ4v) is 5.73. The van der Waals surface area contributed by atoms with Crippen LogP contribution in [0.25, 0.3) is 10.9 Å². The van der Waals surface area contributed by atoms with Gasteiger partial charge in [0.25, 0.3) is 0 Å². The van der Waals surface area contributed by atoms with E-state index in [0.717, 1.165) is 38.8 Å². The van der Waals surface area contributed by atoms with Gasteiger partial charge in [0, 0.05) is 30.7 Å². The van der Waals surface area contributed by atoms with Crippen LogP contribution in [0.15, 0.2) is 24.3 Å². The lowest BCUT2D eigenvalue weighted by atomic mass is 9.64. The zero-order valence-electron chi connectivity index (χ0n) is 13.4. The molecule has 0 aliphatic carbocycles. The van der Waals surface area contributed by atoms with E-state index in [9.17, 15) is 10.2 Å². The van der Waals surface area contributed by atoms with Gasteiger partial charge in [0.05, 0.1) is 11.6 Å². The Hall–Kier alpha value is -1.36. The number of piperidine rings is 1. The quantitative estimate of drug-likeness (QED) is 0.896. The molecule has 0 amide bonds. The molecule has 1 aromatic heterocycles. The van der Waals surface area contributed by atoms with Gasteiger partial charge in [0.1, 0.15) is 6.23 Å². The minimum atomic E-state index is -0.468. The predicted octanol–water partition coefficient (Wildman–Crippen LogP) is 2.60. The van der Waals surface area contributed by atoms with Crippen LogP contribution in [-0.2, 0) is 6.42 Å². The van der Waals surface area contributed by atoms with E-state index in [1.165, 1.54) is 28.6 Å². The van der Waals surface area contributed by atoms with Crippen LogP contribution >= 0.6 is 0 Å². The molecule has 2 N–H and O–H groups in total. The van der Waals surface area contributed by atoms with Crippen LogP contribution in [0.2, 0.25) is 0 Å². The molecule has 23 heavy (non-hydrogen) atoms. The van der Waals surface area contributed by atoms with Gasteiger partial charge in [-0.1, -0.05) is 18.2 Å². The van der Waals surface area contributed by atoms with Crippen LogP contribution in [0.5, 0.6) is 0 Å². The van der Waals surface area contributed by atoms with Gasteiger partial charge in [-0.2, -0.15) is 0 Å². The molecule has 3 aliphatic rings. The van der Waals surface area contributed by atoms with Gasteiger partial charge in [0.2, 0.25) is 0 Å². The van der Waals surface area contributed by atoms with Gasteiger partial charge in [-0.25, -0.2) is 0 Å². The number of fused-ring (bicyclic) bond motifs is 3. The number of nitrogens with zero attached hydrogens (tertiary/aromatic N) is 2. The summed E-state index contributed by atoms with van der Waals surface area (Å²) in [6.07, 6.45) is 4.46. The molecule has 0 spiro atoms. The number of rotatable bonds is 2. The third-order valence-corrected chi connectivity index (χ3v) is 6.53. The second-order valence-corrected chi connectivity index (χ2v) is 7.56. The van der Waals surface area contributed by atoms with E-state index in [0.29, 0.717) is 6.04 Å². The van der Waals surface area contributed by atoms with Gasteiger partial charge < -0.3 is 14.8 Å². The van der Waals surface area contributed by atoms with E-state index in [1.54, 1.807) is 0 Å². The highest BCUT2D eigenvalue weighted by atomic mass is 16.3. The van der Waals surface area contributed by atoms with Crippen molar-refractivity contribution in [1.82, 2.24) is 9.47 Å². The first-order chi connectivity index (χ1) is 11.2. The first kappa shape index (κ1) is 14.0. The Morgan fingerprint density at radius 2 is 2.09 bits per heavy atom. The van der Waals surface area contributed by atoms with Crippen molar-refractivity contribution < 1.29 is 10.2 Å². The Morgan fingerprint density at radius 1 is 1.22 bits per heavy atom. The first-order valence-electron chi connectivity index (χ1n) is 8.90. The SMILES string of the molecule is OCCC12CCCN3CCc4c(n(c5ccccc45)C(O)C1)C32. The highest BCUT2D eigenvalue weighted by molar-refractivity contribution is 5.86. The molecular weight excluding hydrogens is 288 g/mol. The lowest BCUT2D eigenvalue weighted by Gasteiger charge is -2.56. The second kappa shape index (κ2) is 4.82. The van der Waals surface area contributed by atoms with Crippen molar-refractivity contribution in [3.05, 3.63) is 35.5 Å². The Kier molecular flexibility index (Phi) is 2.94. The number of hydrogen-bond donors (Lipinski definition) is 2.